The van der Waals surface area contributed by atoms with E-state index >= 15 is 0 Å². The molecule has 5 rings (SSSR count). The van der Waals surface area contributed by atoms with Gasteiger partial charge in [0, 0.05) is 55.0 Å². The number of benzene rings is 2. The van der Waals surface area contributed by atoms with Gasteiger partial charge in [0.15, 0.2) is 0 Å². The van der Waals surface area contributed by atoms with Crippen LogP contribution in [-0.2, 0) is 13.5 Å². The highest BCUT2D eigenvalue weighted by Crippen LogP contribution is 2.24. The fraction of sp³-hybridized carbons (Fsp3) is 0.261. The summed E-state index contributed by atoms with van der Waals surface area (Å²) in [6, 6.07) is 14.0. The first-order valence-electron chi connectivity index (χ1n) is 10.1. The van der Waals surface area contributed by atoms with Crippen molar-refractivity contribution in [2.45, 2.75) is 18.9 Å². The summed E-state index contributed by atoms with van der Waals surface area (Å²) in [5.74, 6) is -0.0403. The van der Waals surface area contributed by atoms with Gasteiger partial charge in [0.2, 0.25) is 0 Å². The molecule has 0 spiro atoms. The molecule has 2 aromatic carbocycles. The molecule has 0 aliphatic carbocycles. The number of carbonyl (C=O) groups is 1. The van der Waals surface area contributed by atoms with Crippen LogP contribution in [0.25, 0.3) is 22.0 Å². The molecule has 152 valence electrons. The first-order valence-corrected chi connectivity index (χ1v) is 10.1. The van der Waals surface area contributed by atoms with Crippen LogP contribution >= 0.6 is 0 Å². The smallest absolute Gasteiger partial charge is 0.253 e. The molecule has 7 heteroatoms. The van der Waals surface area contributed by atoms with Gasteiger partial charge in [-0.25, -0.2) is 0 Å². The molecule has 1 atom stereocenters. The van der Waals surface area contributed by atoms with E-state index in [0.717, 1.165) is 33.3 Å². The van der Waals surface area contributed by atoms with Crippen LogP contribution in [0.15, 0.2) is 54.9 Å². The molecule has 30 heavy (non-hydrogen) atoms. The number of aromatic nitrogens is 4. The predicted molar refractivity (Wildman–Crippen MR) is 114 cm³/mol. The van der Waals surface area contributed by atoms with Gasteiger partial charge >= 0.3 is 0 Å². The van der Waals surface area contributed by atoms with Gasteiger partial charge in [0.25, 0.3) is 5.91 Å². The average molecular weight is 401 g/mol. The molecular formula is C23H23N5O2. The maximum absolute atomic E-state index is 12.8. The number of hydrogen-bond donors (Lipinski definition) is 2. The Morgan fingerprint density at radius 1 is 1.20 bits per heavy atom. The Bertz CT molecular complexity index is 1210. The Kier molecular flexibility index (Phi) is 4.59. The van der Waals surface area contributed by atoms with E-state index < -0.39 is 6.10 Å². The molecule has 2 aromatic heterocycles. The third kappa shape index (κ3) is 3.48. The number of likely N-dealkylation sites (tertiary alicyclic amines) is 1. The number of β-amino-alcohol motifs (C(OH)–C–C–N with tert-alkyl or cyclic N) is 1. The molecule has 3 heterocycles. The van der Waals surface area contributed by atoms with Crippen molar-refractivity contribution < 1.29 is 9.90 Å². The number of aliphatic hydroxyl groups is 1. The maximum Gasteiger partial charge on any atom is 0.253 e. The van der Waals surface area contributed by atoms with Gasteiger partial charge in [0.1, 0.15) is 0 Å². The van der Waals surface area contributed by atoms with Gasteiger partial charge in [-0.2, -0.15) is 10.2 Å². The van der Waals surface area contributed by atoms with Gasteiger partial charge in [-0.1, -0.05) is 24.3 Å². The Morgan fingerprint density at radius 2 is 2.03 bits per heavy atom. The average Bonchev–Trinajstić information content (AvgIpc) is 3.48. The maximum atomic E-state index is 12.8. The minimum atomic E-state index is -0.420. The number of amides is 1. The number of fused-ring (bicyclic) bond motifs is 1. The summed E-state index contributed by atoms with van der Waals surface area (Å²) in [6.07, 6.45) is 4.77. The van der Waals surface area contributed by atoms with Gasteiger partial charge in [-0.3, -0.25) is 14.6 Å². The minimum absolute atomic E-state index is 0.0403. The van der Waals surface area contributed by atoms with E-state index in [9.17, 15) is 9.90 Å². The molecule has 1 aliphatic rings. The van der Waals surface area contributed by atoms with Crippen LogP contribution in [0.5, 0.6) is 0 Å². The Morgan fingerprint density at radius 3 is 2.73 bits per heavy atom. The van der Waals surface area contributed by atoms with Gasteiger partial charge < -0.3 is 10.0 Å². The van der Waals surface area contributed by atoms with E-state index in [-0.39, 0.29) is 5.91 Å². The Labute approximate surface area is 173 Å². The molecule has 0 bridgehead atoms. The van der Waals surface area contributed by atoms with Crippen molar-refractivity contribution in [2.24, 2.45) is 7.05 Å². The SMILES string of the molecule is Cn1cc(-c2ccc(Cc3[nH]nc4ccc(C(=O)N5CC[C@H](O)C5)cc34)cc2)cn1. The largest absolute Gasteiger partial charge is 0.391 e. The van der Waals surface area contributed by atoms with E-state index in [1.807, 2.05) is 37.6 Å². The third-order valence-corrected chi connectivity index (χ3v) is 5.70. The van der Waals surface area contributed by atoms with Crippen LogP contribution in [-0.4, -0.2) is 55.1 Å². The van der Waals surface area contributed by atoms with Crippen molar-refractivity contribution in [3.8, 4) is 11.1 Å². The fourth-order valence-electron chi connectivity index (χ4n) is 4.03. The first kappa shape index (κ1) is 18.6. The van der Waals surface area contributed by atoms with E-state index in [4.69, 9.17) is 0 Å². The third-order valence-electron chi connectivity index (χ3n) is 5.70. The topological polar surface area (TPSA) is 87.0 Å². The molecule has 1 amide bonds. The van der Waals surface area contributed by atoms with Gasteiger partial charge in [0.05, 0.1) is 17.8 Å². The molecule has 0 unspecified atom stereocenters. The minimum Gasteiger partial charge on any atom is -0.391 e. The first-order chi connectivity index (χ1) is 14.6. The summed E-state index contributed by atoms with van der Waals surface area (Å²) in [6.45, 7) is 0.998. The number of H-pyrrole nitrogens is 1. The van der Waals surface area contributed by atoms with E-state index in [1.165, 1.54) is 0 Å². The zero-order valence-electron chi connectivity index (χ0n) is 16.7. The summed E-state index contributed by atoms with van der Waals surface area (Å²) in [7, 11) is 1.91. The highest BCUT2D eigenvalue weighted by Gasteiger charge is 2.25. The molecule has 4 aromatic rings. The highest BCUT2D eigenvalue weighted by atomic mass is 16.3. The second-order valence-corrected chi connectivity index (χ2v) is 7.90. The molecule has 2 N–H and O–H groups in total. The summed E-state index contributed by atoms with van der Waals surface area (Å²) >= 11 is 0. The van der Waals surface area contributed by atoms with Crippen LogP contribution in [0.4, 0.5) is 0 Å². The van der Waals surface area contributed by atoms with E-state index in [0.29, 0.717) is 31.5 Å². The molecule has 1 aliphatic heterocycles. The number of nitrogens with one attached hydrogen (secondary N) is 1. The Hall–Kier alpha value is -3.45. The fourth-order valence-corrected chi connectivity index (χ4v) is 4.03. The summed E-state index contributed by atoms with van der Waals surface area (Å²) in [5, 5.41) is 22.4. The van der Waals surface area contributed by atoms with Crippen LogP contribution < -0.4 is 0 Å². The number of carbonyl (C=O) groups excluding carboxylic acids is 1. The predicted octanol–water partition coefficient (Wildman–Crippen LogP) is 2.76. The second kappa shape index (κ2) is 7.42. The highest BCUT2D eigenvalue weighted by molar-refractivity contribution is 5.98. The lowest BCUT2D eigenvalue weighted by atomic mass is 10.0. The standard InChI is InChI=1S/C23H23N5O2/c1-27-13-18(12-24-27)16-4-2-15(3-5-16)10-22-20-11-17(6-7-21(20)25-26-22)23(30)28-9-8-19(29)14-28/h2-7,11-13,19,29H,8-10,14H2,1H3,(H,25,26)/t19-/m0/s1. The van der Waals surface area contributed by atoms with Crippen molar-refractivity contribution in [1.29, 1.82) is 0 Å². The number of hydrogen-bond acceptors (Lipinski definition) is 4. The summed E-state index contributed by atoms with van der Waals surface area (Å²) < 4.78 is 1.79. The molecule has 1 fully saturated rings. The van der Waals surface area contributed by atoms with Crippen LogP contribution in [0, 0.1) is 0 Å². The molecule has 0 saturated carbocycles. The van der Waals surface area contributed by atoms with Crippen molar-refractivity contribution in [3.05, 3.63) is 71.7 Å². The normalized spacial score (nSPS) is 16.5. The molecule has 0 radical (unpaired) electrons. The van der Waals surface area contributed by atoms with Crippen LogP contribution in [0.2, 0.25) is 0 Å². The second-order valence-electron chi connectivity index (χ2n) is 7.90. The number of aryl methyl sites for hydroxylation is 1. The zero-order chi connectivity index (χ0) is 20.7. The molecular weight excluding hydrogens is 378 g/mol. The molecule has 7 nitrogen and oxygen atoms in total. The summed E-state index contributed by atoms with van der Waals surface area (Å²) in [4.78, 5) is 14.5. The van der Waals surface area contributed by atoms with Crippen molar-refractivity contribution >= 4 is 16.8 Å². The van der Waals surface area contributed by atoms with Gasteiger partial charge in [-0.05, 0) is 35.7 Å². The Balaban J connectivity index is 1.38. The molecule has 1 saturated heterocycles. The van der Waals surface area contributed by atoms with Crippen molar-refractivity contribution in [3.63, 3.8) is 0 Å². The lowest BCUT2D eigenvalue weighted by molar-refractivity contribution is 0.0765. The quantitative estimate of drug-likeness (QED) is 0.551. The van der Waals surface area contributed by atoms with E-state index in [2.05, 4.69) is 39.6 Å². The van der Waals surface area contributed by atoms with Crippen LogP contribution in [0.3, 0.4) is 0 Å². The van der Waals surface area contributed by atoms with Crippen LogP contribution in [0.1, 0.15) is 28.0 Å². The number of aromatic amines is 1. The monoisotopic (exact) mass is 401 g/mol. The van der Waals surface area contributed by atoms with E-state index in [1.54, 1.807) is 9.58 Å². The number of nitrogens with zero attached hydrogens (tertiary/aromatic N) is 4. The van der Waals surface area contributed by atoms with Crippen molar-refractivity contribution in [2.75, 3.05) is 13.1 Å². The number of aliphatic hydroxyl groups excluding tert-OH is 1. The zero-order valence-corrected chi connectivity index (χ0v) is 16.7. The lowest BCUT2D eigenvalue weighted by Gasteiger charge is -2.15. The van der Waals surface area contributed by atoms with Crippen molar-refractivity contribution in [1.82, 2.24) is 24.9 Å². The van der Waals surface area contributed by atoms with Gasteiger partial charge in [-0.15, -0.1) is 0 Å². The summed E-state index contributed by atoms with van der Waals surface area (Å²) in [5.41, 5.74) is 5.83. The lowest BCUT2D eigenvalue weighted by Crippen LogP contribution is -2.29. The number of rotatable bonds is 4.